The van der Waals surface area contributed by atoms with Gasteiger partial charge < -0.3 is 16.0 Å². The van der Waals surface area contributed by atoms with Crippen molar-refractivity contribution in [3.05, 3.63) is 64.7 Å². The molecule has 4 N–H and O–H groups in total. The van der Waals surface area contributed by atoms with E-state index in [0.717, 1.165) is 24.4 Å². The molecule has 5 nitrogen and oxygen atoms in total. The maximum atomic E-state index is 14.5. The molecule has 0 aliphatic carbocycles. The van der Waals surface area contributed by atoms with Crippen molar-refractivity contribution in [1.82, 2.24) is 10.7 Å². The van der Waals surface area contributed by atoms with Gasteiger partial charge in [-0.2, -0.15) is 18.3 Å². The van der Waals surface area contributed by atoms with Gasteiger partial charge in [-0.25, -0.2) is 8.78 Å². The van der Waals surface area contributed by atoms with E-state index in [1.54, 1.807) is 11.0 Å². The minimum atomic E-state index is -4.43. The molecule has 0 unspecified atom stereocenters. The molecular weight excluding hydrogens is 437 g/mol. The van der Waals surface area contributed by atoms with Crippen LogP contribution in [0.5, 0.6) is 0 Å². The maximum Gasteiger partial charge on any atom is 0.416 e. The van der Waals surface area contributed by atoms with E-state index in [2.05, 4.69) is 28.1 Å². The van der Waals surface area contributed by atoms with E-state index in [4.69, 9.17) is 5.73 Å². The highest BCUT2D eigenvalue weighted by molar-refractivity contribution is 7.80. The summed E-state index contributed by atoms with van der Waals surface area (Å²) in [5.74, 6) is -1.32. The first-order valence-corrected chi connectivity index (χ1v) is 9.77. The van der Waals surface area contributed by atoms with Gasteiger partial charge in [0.2, 0.25) is 0 Å². The minimum absolute atomic E-state index is 0.0242. The number of nitrogens with one attached hydrogen (secondary N) is 2. The lowest BCUT2D eigenvalue weighted by atomic mass is 10.1. The fourth-order valence-electron chi connectivity index (χ4n) is 3.41. The number of hydrogen-bond acceptors (Lipinski definition) is 4. The highest BCUT2D eigenvalue weighted by Crippen LogP contribution is 2.32. The van der Waals surface area contributed by atoms with Crippen LogP contribution < -0.4 is 21.4 Å². The number of halogens is 5. The summed E-state index contributed by atoms with van der Waals surface area (Å²) in [5.41, 5.74) is 6.91. The molecule has 31 heavy (non-hydrogen) atoms. The van der Waals surface area contributed by atoms with Crippen LogP contribution in [0, 0.1) is 11.6 Å². The van der Waals surface area contributed by atoms with Gasteiger partial charge in [0.25, 0.3) is 0 Å². The van der Waals surface area contributed by atoms with Crippen molar-refractivity contribution < 1.29 is 22.0 Å². The third kappa shape index (κ3) is 5.88. The van der Waals surface area contributed by atoms with Gasteiger partial charge in [-0.1, -0.05) is 18.2 Å². The van der Waals surface area contributed by atoms with Gasteiger partial charge in [0.1, 0.15) is 11.6 Å². The molecule has 1 heterocycles. The standard InChI is InChI=1S/C20H20F5N5S/c21-16-8-18(17(22)7-13(16)10-28-29-19(26)31)30-6-5-14(11-30)27-9-12-3-1-2-4-15(12)20(23,24)25/h1-4,7-8,10,14,27H,5-6,9,11H2,(H3,26,29,31)/t14-/m0/s1. The molecule has 1 fully saturated rings. The molecule has 1 aliphatic rings. The zero-order chi connectivity index (χ0) is 22.6. The predicted molar refractivity (Wildman–Crippen MR) is 113 cm³/mol. The molecule has 2 aromatic rings. The Kier molecular flexibility index (Phi) is 7.06. The Balaban J connectivity index is 1.64. The Hall–Kier alpha value is -2.79. The summed E-state index contributed by atoms with van der Waals surface area (Å²) in [6.07, 6.45) is -2.79. The van der Waals surface area contributed by atoms with E-state index in [0.29, 0.717) is 19.5 Å². The molecule has 0 aromatic heterocycles. The van der Waals surface area contributed by atoms with E-state index >= 15 is 0 Å². The smallest absolute Gasteiger partial charge is 0.375 e. The molecule has 0 bridgehead atoms. The summed E-state index contributed by atoms with van der Waals surface area (Å²) in [7, 11) is 0. The van der Waals surface area contributed by atoms with Crippen molar-refractivity contribution in [3.63, 3.8) is 0 Å². The van der Waals surface area contributed by atoms with E-state index in [1.165, 1.54) is 12.1 Å². The van der Waals surface area contributed by atoms with Gasteiger partial charge >= 0.3 is 6.18 Å². The summed E-state index contributed by atoms with van der Waals surface area (Å²) in [4.78, 5) is 1.65. The molecule has 2 aromatic carbocycles. The monoisotopic (exact) mass is 457 g/mol. The Morgan fingerprint density at radius 2 is 1.97 bits per heavy atom. The van der Waals surface area contributed by atoms with Crippen molar-refractivity contribution in [3.8, 4) is 0 Å². The molecule has 3 rings (SSSR count). The zero-order valence-corrected chi connectivity index (χ0v) is 17.0. The average Bonchev–Trinajstić information content (AvgIpc) is 3.16. The topological polar surface area (TPSA) is 65.7 Å². The second-order valence-electron chi connectivity index (χ2n) is 7.03. The highest BCUT2D eigenvalue weighted by atomic mass is 32.1. The zero-order valence-electron chi connectivity index (χ0n) is 16.2. The van der Waals surface area contributed by atoms with Gasteiger partial charge in [-0.05, 0) is 36.3 Å². The van der Waals surface area contributed by atoms with Gasteiger partial charge in [0, 0.05) is 37.3 Å². The molecule has 1 atom stereocenters. The number of nitrogens with two attached hydrogens (primary N) is 1. The lowest BCUT2D eigenvalue weighted by Gasteiger charge is -2.21. The number of anilines is 1. The fourth-order valence-corrected chi connectivity index (χ4v) is 3.46. The molecule has 0 spiro atoms. The fraction of sp³-hybridized carbons (Fsp3) is 0.300. The number of hydrazone groups is 1. The predicted octanol–water partition coefficient (Wildman–Crippen LogP) is 3.52. The SMILES string of the molecule is NC(=S)NN=Cc1cc(F)c(N2CC[C@H](NCc3ccccc3C(F)(F)F)C2)cc1F. The van der Waals surface area contributed by atoms with Gasteiger partial charge in [0.15, 0.2) is 5.11 Å². The van der Waals surface area contributed by atoms with E-state index in [1.807, 2.05) is 0 Å². The van der Waals surface area contributed by atoms with Crippen LogP contribution >= 0.6 is 12.2 Å². The molecule has 0 amide bonds. The van der Waals surface area contributed by atoms with Crippen LogP contribution in [-0.2, 0) is 12.7 Å². The normalized spacial score (nSPS) is 16.8. The third-order valence-electron chi connectivity index (χ3n) is 4.88. The lowest BCUT2D eigenvalue weighted by Crippen LogP contribution is -2.33. The van der Waals surface area contributed by atoms with Crippen molar-refractivity contribution in [1.29, 1.82) is 0 Å². The van der Waals surface area contributed by atoms with Crippen LogP contribution in [-0.4, -0.2) is 30.5 Å². The first-order valence-electron chi connectivity index (χ1n) is 9.36. The number of thiocarbonyl (C=S) groups is 1. The first kappa shape index (κ1) is 22.9. The molecule has 0 saturated carbocycles. The lowest BCUT2D eigenvalue weighted by molar-refractivity contribution is -0.138. The van der Waals surface area contributed by atoms with Crippen molar-refractivity contribution in [2.75, 3.05) is 18.0 Å². The number of nitrogens with zero attached hydrogens (tertiary/aromatic N) is 2. The van der Waals surface area contributed by atoms with Crippen LogP contribution in [0.15, 0.2) is 41.5 Å². The summed E-state index contributed by atoms with van der Waals surface area (Å²) in [6, 6.07) is 7.26. The molecule has 1 saturated heterocycles. The quantitative estimate of drug-likeness (QED) is 0.268. The molecule has 11 heteroatoms. The van der Waals surface area contributed by atoms with Gasteiger partial charge in [-0.15, -0.1) is 0 Å². The minimum Gasteiger partial charge on any atom is -0.375 e. The highest BCUT2D eigenvalue weighted by Gasteiger charge is 2.33. The summed E-state index contributed by atoms with van der Waals surface area (Å²) < 4.78 is 68.3. The number of rotatable bonds is 6. The van der Waals surface area contributed by atoms with Gasteiger partial charge in [-0.3, -0.25) is 5.43 Å². The maximum absolute atomic E-state index is 14.5. The van der Waals surface area contributed by atoms with Crippen LogP contribution in [0.25, 0.3) is 0 Å². The second-order valence-corrected chi connectivity index (χ2v) is 7.47. The van der Waals surface area contributed by atoms with Crippen molar-refractivity contribution in [2.45, 2.75) is 25.2 Å². The van der Waals surface area contributed by atoms with E-state index in [9.17, 15) is 22.0 Å². The first-order chi connectivity index (χ1) is 14.6. The largest absolute Gasteiger partial charge is 0.416 e. The molecule has 1 aliphatic heterocycles. The average molecular weight is 457 g/mol. The number of hydrogen-bond donors (Lipinski definition) is 3. The Morgan fingerprint density at radius 3 is 2.68 bits per heavy atom. The van der Waals surface area contributed by atoms with Crippen molar-refractivity contribution >= 4 is 29.2 Å². The molecular formula is C20H20F5N5S. The Bertz CT molecular complexity index is 979. The van der Waals surface area contributed by atoms with E-state index < -0.39 is 23.4 Å². The Morgan fingerprint density at radius 1 is 1.23 bits per heavy atom. The summed E-state index contributed by atoms with van der Waals surface area (Å²) in [5, 5.41) is 6.58. The summed E-state index contributed by atoms with van der Waals surface area (Å²) >= 11 is 4.57. The third-order valence-corrected chi connectivity index (χ3v) is 4.97. The summed E-state index contributed by atoms with van der Waals surface area (Å²) in [6.45, 7) is 0.794. The van der Waals surface area contributed by atoms with Crippen LogP contribution in [0.3, 0.4) is 0 Å². The van der Waals surface area contributed by atoms with Crippen LogP contribution in [0.2, 0.25) is 0 Å². The number of alkyl halides is 3. The van der Waals surface area contributed by atoms with Crippen LogP contribution in [0.1, 0.15) is 23.1 Å². The second kappa shape index (κ2) is 9.56. The van der Waals surface area contributed by atoms with Gasteiger partial charge in [0.05, 0.1) is 17.5 Å². The molecule has 166 valence electrons. The number of benzene rings is 2. The van der Waals surface area contributed by atoms with Crippen LogP contribution in [0.4, 0.5) is 27.6 Å². The van der Waals surface area contributed by atoms with Crippen molar-refractivity contribution in [2.24, 2.45) is 10.8 Å². The van der Waals surface area contributed by atoms with E-state index in [-0.39, 0.29) is 34.5 Å². The molecule has 0 radical (unpaired) electrons. The Labute approximate surface area is 181 Å².